The molecule has 0 aromatic carbocycles. The van der Waals surface area contributed by atoms with Gasteiger partial charge in [-0.25, -0.2) is 0 Å². The molecule has 1 aromatic heterocycles. The summed E-state index contributed by atoms with van der Waals surface area (Å²) in [5, 5.41) is 14.6. The topological polar surface area (TPSA) is 38.0 Å². The van der Waals surface area contributed by atoms with Crippen molar-refractivity contribution in [2.75, 3.05) is 0 Å². The average molecular weight is 236 g/mol. The van der Waals surface area contributed by atoms with Crippen molar-refractivity contribution in [1.29, 1.82) is 0 Å². The smallest absolute Gasteiger partial charge is 0.0650 e. The van der Waals surface area contributed by atoms with Crippen LogP contribution in [0.5, 0.6) is 0 Å². The lowest BCUT2D eigenvalue weighted by molar-refractivity contribution is 0.0569. The summed E-state index contributed by atoms with van der Waals surface area (Å²) in [6, 6.07) is 2.00. The van der Waals surface area contributed by atoms with Crippen molar-refractivity contribution >= 4 is 0 Å². The highest BCUT2D eigenvalue weighted by molar-refractivity contribution is 5.01. The second-order valence-electron chi connectivity index (χ2n) is 6.25. The fourth-order valence-corrected chi connectivity index (χ4v) is 2.76. The van der Waals surface area contributed by atoms with E-state index in [9.17, 15) is 5.11 Å². The first-order valence-corrected chi connectivity index (χ1v) is 6.63. The first-order chi connectivity index (χ1) is 7.96. The molecule has 3 nitrogen and oxygen atoms in total. The van der Waals surface area contributed by atoms with Gasteiger partial charge in [-0.1, -0.05) is 13.8 Å². The molecule has 0 aliphatic heterocycles. The van der Waals surface area contributed by atoms with Crippen LogP contribution in [0.1, 0.15) is 45.2 Å². The molecule has 0 radical (unpaired) electrons. The van der Waals surface area contributed by atoms with E-state index in [0.717, 1.165) is 18.5 Å². The predicted octanol–water partition coefficient (Wildman–Crippen LogP) is 2.54. The Kier molecular flexibility index (Phi) is 3.57. The van der Waals surface area contributed by atoms with Crippen molar-refractivity contribution in [3.05, 3.63) is 18.0 Å². The molecule has 1 aliphatic carbocycles. The van der Waals surface area contributed by atoms with Crippen LogP contribution < -0.4 is 0 Å². The molecule has 1 saturated carbocycles. The van der Waals surface area contributed by atoms with Gasteiger partial charge in [-0.2, -0.15) is 5.10 Å². The first-order valence-electron chi connectivity index (χ1n) is 6.63. The zero-order valence-corrected chi connectivity index (χ0v) is 11.2. The quantitative estimate of drug-likeness (QED) is 0.875. The number of aryl methyl sites for hydroxylation is 1. The highest BCUT2D eigenvalue weighted by Gasteiger charge is 2.30. The van der Waals surface area contributed by atoms with Gasteiger partial charge in [0, 0.05) is 19.7 Å². The van der Waals surface area contributed by atoms with E-state index >= 15 is 0 Å². The van der Waals surface area contributed by atoms with Crippen molar-refractivity contribution in [3.63, 3.8) is 0 Å². The third-order valence-electron chi connectivity index (χ3n) is 4.12. The van der Waals surface area contributed by atoms with Crippen molar-refractivity contribution in [1.82, 2.24) is 9.78 Å². The molecule has 1 atom stereocenters. The Morgan fingerprint density at radius 1 is 1.47 bits per heavy atom. The molecular weight excluding hydrogens is 212 g/mol. The minimum absolute atomic E-state index is 0.221. The molecule has 2 rings (SSSR count). The SMILES string of the molecule is Cn1ccc(CC(O)C2CCC(C)(C)CC2)n1. The lowest BCUT2D eigenvalue weighted by Gasteiger charge is -2.36. The largest absolute Gasteiger partial charge is 0.392 e. The van der Waals surface area contributed by atoms with Gasteiger partial charge >= 0.3 is 0 Å². The summed E-state index contributed by atoms with van der Waals surface area (Å²) < 4.78 is 1.80. The normalized spacial score (nSPS) is 22.6. The van der Waals surface area contributed by atoms with E-state index in [4.69, 9.17) is 0 Å². The molecule has 1 heterocycles. The second kappa shape index (κ2) is 4.81. The summed E-state index contributed by atoms with van der Waals surface area (Å²) in [5.74, 6) is 0.463. The molecular formula is C14H24N2O. The summed E-state index contributed by atoms with van der Waals surface area (Å²) in [5.41, 5.74) is 1.48. The van der Waals surface area contributed by atoms with Crippen molar-refractivity contribution in [2.24, 2.45) is 18.4 Å². The maximum Gasteiger partial charge on any atom is 0.0650 e. The summed E-state index contributed by atoms with van der Waals surface area (Å²) in [6.07, 6.45) is 7.19. The van der Waals surface area contributed by atoms with Gasteiger partial charge in [0.05, 0.1) is 11.8 Å². The molecule has 96 valence electrons. The van der Waals surface area contributed by atoms with Gasteiger partial charge in [0.15, 0.2) is 0 Å². The van der Waals surface area contributed by atoms with E-state index in [1.54, 1.807) is 4.68 Å². The van der Waals surface area contributed by atoms with Gasteiger partial charge in [-0.05, 0) is 43.1 Å². The molecule has 1 fully saturated rings. The van der Waals surface area contributed by atoms with Crippen molar-refractivity contribution < 1.29 is 5.11 Å². The zero-order valence-electron chi connectivity index (χ0n) is 11.2. The summed E-state index contributed by atoms with van der Waals surface area (Å²) in [6.45, 7) is 4.66. The van der Waals surface area contributed by atoms with Crippen LogP contribution in [-0.2, 0) is 13.5 Å². The zero-order chi connectivity index (χ0) is 12.5. The highest BCUT2D eigenvalue weighted by atomic mass is 16.3. The standard InChI is InChI=1S/C14H24N2O/c1-14(2)7-4-11(5-8-14)13(17)10-12-6-9-16(3)15-12/h6,9,11,13,17H,4-5,7-8,10H2,1-3H3. The van der Waals surface area contributed by atoms with E-state index in [1.165, 1.54) is 12.8 Å². The fourth-order valence-electron chi connectivity index (χ4n) is 2.76. The molecule has 3 heteroatoms. The molecule has 1 aliphatic rings. The van der Waals surface area contributed by atoms with Crippen molar-refractivity contribution in [2.45, 2.75) is 52.1 Å². The van der Waals surface area contributed by atoms with E-state index in [2.05, 4.69) is 18.9 Å². The number of nitrogens with zero attached hydrogens (tertiary/aromatic N) is 2. The van der Waals surface area contributed by atoms with Gasteiger partial charge in [0.25, 0.3) is 0 Å². The Morgan fingerprint density at radius 3 is 2.65 bits per heavy atom. The molecule has 1 N–H and O–H groups in total. The Balaban J connectivity index is 1.87. The van der Waals surface area contributed by atoms with Crippen LogP contribution in [0.2, 0.25) is 0 Å². The van der Waals surface area contributed by atoms with E-state index in [0.29, 0.717) is 17.8 Å². The third kappa shape index (κ3) is 3.32. The van der Waals surface area contributed by atoms with Crippen LogP contribution >= 0.6 is 0 Å². The van der Waals surface area contributed by atoms with E-state index in [1.807, 2.05) is 19.3 Å². The van der Waals surface area contributed by atoms with Crippen LogP contribution in [0.3, 0.4) is 0 Å². The molecule has 1 unspecified atom stereocenters. The Labute approximate surface area is 104 Å². The van der Waals surface area contributed by atoms with Gasteiger partial charge in [0.2, 0.25) is 0 Å². The Hall–Kier alpha value is -0.830. The highest BCUT2D eigenvalue weighted by Crippen LogP contribution is 2.39. The number of aliphatic hydroxyl groups is 1. The van der Waals surface area contributed by atoms with Gasteiger partial charge in [-0.15, -0.1) is 0 Å². The van der Waals surface area contributed by atoms with E-state index < -0.39 is 0 Å². The second-order valence-corrected chi connectivity index (χ2v) is 6.25. The van der Waals surface area contributed by atoms with Gasteiger partial charge in [0.1, 0.15) is 0 Å². The number of aromatic nitrogens is 2. The van der Waals surface area contributed by atoms with Gasteiger partial charge in [-0.3, -0.25) is 4.68 Å². The summed E-state index contributed by atoms with van der Waals surface area (Å²) in [7, 11) is 1.92. The third-order valence-corrected chi connectivity index (χ3v) is 4.12. The first kappa shape index (κ1) is 12.6. The minimum atomic E-state index is -0.221. The van der Waals surface area contributed by atoms with Crippen LogP contribution in [0.15, 0.2) is 12.3 Å². The maximum atomic E-state index is 10.3. The average Bonchev–Trinajstić information content (AvgIpc) is 2.63. The molecule has 0 spiro atoms. The van der Waals surface area contributed by atoms with Crippen molar-refractivity contribution in [3.8, 4) is 0 Å². The molecule has 1 aromatic rings. The predicted molar refractivity (Wildman–Crippen MR) is 68.7 cm³/mol. The van der Waals surface area contributed by atoms with Crippen LogP contribution in [-0.4, -0.2) is 21.0 Å². The van der Waals surface area contributed by atoms with E-state index in [-0.39, 0.29) is 6.10 Å². The van der Waals surface area contributed by atoms with Gasteiger partial charge < -0.3 is 5.11 Å². The summed E-state index contributed by atoms with van der Waals surface area (Å²) in [4.78, 5) is 0. The molecule has 0 saturated heterocycles. The number of rotatable bonds is 3. The van der Waals surface area contributed by atoms with Crippen LogP contribution in [0, 0.1) is 11.3 Å². The molecule has 17 heavy (non-hydrogen) atoms. The minimum Gasteiger partial charge on any atom is -0.392 e. The number of aliphatic hydroxyl groups excluding tert-OH is 1. The molecule has 0 amide bonds. The maximum absolute atomic E-state index is 10.3. The Morgan fingerprint density at radius 2 is 2.12 bits per heavy atom. The number of hydrogen-bond donors (Lipinski definition) is 1. The monoisotopic (exact) mass is 236 g/mol. The lowest BCUT2D eigenvalue weighted by Crippen LogP contribution is -2.30. The lowest BCUT2D eigenvalue weighted by atomic mass is 9.71. The van der Waals surface area contributed by atoms with Crippen LogP contribution in [0.4, 0.5) is 0 Å². The summed E-state index contributed by atoms with van der Waals surface area (Å²) >= 11 is 0. The Bertz CT molecular complexity index is 360. The fraction of sp³-hybridized carbons (Fsp3) is 0.786. The molecule has 0 bridgehead atoms. The van der Waals surface area contributed by atoms with Crippen LogP contribution in [0.25, 0.3) is 0 Å². The number of hydrogen-bond acceptors (Lipinski definition) is 2.